The van der Waals surface area contributed by atoms with Crippen LogP contribution in [0.3, 0.4) is 0 Å². The van der Waals surface area contributed by atoms with Crippen molar-refractivity contribution in [3.05, 3.63) is 29.1 Å². The van der Waals surface area contributed by atoms with E-state index in [9.17, 15) is 0 Å². The lowest BCUT2D eigenvalue weighted by atomic mass is 10.1. The summed E-state index contributed by atoms with van der Waals surface area (Å²) in [5.74, 6) is 1.32. The van der Waals surface area contributed by atoms with Gasteiger partial charge in [-0.2, -0.15) is 14.9 Å². The van der Waals surface area contributed by atoms with E-state index in [4.69, 9.17) is 10.5 Å². The Morgan fingerprint density at radius 1 is 1.33 bits per heavy atom. The van der Waals surface area contributed by atoms with Crippen LogP contribution in [0.4, 0.5) is 5.82 Å². The first-order valence-electron chi connectivity index (χ1n) is 7.07. The molecule has 2 N–H and O–H groups in total. The molecule has 2 aromatic rings. The number of anilines is 1. The predicted molar refractivity (Wildman–Crippen MR) is 79.2 cm³/mol. The molecule has 0 unspecified atom stereocenters. The number of ether oxygens (including phenoxy) is 1. The first-order valence-corrected chi connectivity index (χ1v) is 7.07. The van der Waals surface area contributed by atoms with Gasteiger partial charge in [-0.25, -0.2) is 0 Å². The number of methoxy groups -OCH3 is 1. The molecule has 1 aliphatic rings. The van der Waals surface area contributed by atoms with Crippen molar-refractivity contribution in [3.8, 4) is 5.82 Å². The molecule has 3 heterocycles. The second kappa shape index (κ2) is 5.79. The van der Waals surface area contributed by atoms with Crippen molar-refractivity contribution in [2.75, 3.05) is 32.5 Å². The third-order valence-electron chi connectivity index (χ3n) is 3.77. The predicted octanol–water partition coefficient (Wildman–Crippen LogP) is 0.557. The van der Waals surface area contributed by atoms with Crippen LogP contribution in [0.2, 0.25) is 0 Å². The average Bonchev–Trinajstić information content (AvgIpc) is 2.83. The normalized spacial score (nSPS) is 15.1. The highest BCUT2D eigenvalue weighted by Crippen LogP contribution is 2.25. The number of nitrogen functional groups attached to an aromatic ring is 1. The summed E-state index contributed by atoms with van der Waals surface area (Å²) in [6.07, 6.45) is 0.898. The zero-order valence-electron chi connectivity index (χ0n) is 12.4. The second-order valence-corrected chi connectivity index (χ2v) is 5.27. The lowest BCUT2D eigenvalue weighted by Gasteiger charge is -2.25. The van der Waals surface area contributed by atoms with E-state index < -0.39 is 0 Å². The molecule has 7 nitrogen and oxygen atoms in total. The third-order valence-corrected chi connectivity index (χ3v) is 3.77. The van der Waals surface area contributed by atoms with E-state index in [1.807, 2.05) is 19.1 Å². The minimum atomic E-state index is 0.658. The number of fused-ring (bicyclic) bond motifs is 1. The molecule has 0 spiro atoms. The van der Waals surface area contributed by atoms with Crippen LogP contribution in [-0.2, 0) is 17.7 Å². The van der Waals surface area contributed by atoms with Crippen LogP contribution >= 0.6 is 0 Å². The quantitative estimate of drug-likeness (QED) is 0.885. The minimum absolute atomic E-state index is 0.658. The van der Waals surface area contributed by atoms with Crippen LogP contribution in [0.5, 0.6) is 0 Å². The first kappa shape index (κ1) is 14.0. The largest absolute Gasteiger partial charge is 0.383 e. The Morgan fingerprint density at radius 2 is 2.19 bits per heavy atom. The minimum Gasteiger partial charge on any atom is -0.383 e. The molecular weight excluding hydrogens is 268 g/mol. The number of nitrogens with two attached hydrogens (primary N) is 1. The molecule has 0 atom stereocenters. The van der Waals surface area contributed by atoms with Crippen LogP contribution in [0.1, 0.15) is 17.0 Å². The van der Waals surface area contributed by atoms with E-state index in [1.54, 1.807) is 11.8 Å². The SMILES string of the molecule is COCCN1CCc2nn(-c3ccc(C)nn3)c(N)c2C1. The standard InChI is InChI=1S/C14H20N6O/c1-10-3-4-13(17-16-10)20-14(15)11-9-19(7-8-21-2)6-5-12(11)18-20/h3-4H,5-9,15H2,1-2H3. The molecule has 0 bridgehead atoms. The summed E-state index contributed by atoms with van der Waals surface area (Å²) in [4.78, 5) is 2.33. The van der Waals surface area contributed by atoms with E-state index in [0.29, 0.717) is 11.6 Å². The van der Waals surface area contributed by atoms with Crippen LogP contribution in [0, 0.1) is 6.92 Å². The first-order chi connectivity index (χ1) is 10.2. The molecule has 0 aliphatic carbocycles. The molecule has 0 fully saturated rings. The number of aromatic nitrogens is 4. The molecule has 1 aliphatic heterocycles. The Labute approximate surface area is 123 Å². The highest BCUT2D eigenvalue weighted by Gasteiger charge is 2.24. The Kier molecular flexibility index (Phi) is 3.85. The van der Waals surface area contributed by atoms with Crippen LogP contribution in [0.25, 0.3) is 5.82 Å². The maximum atomic E-state index is 6.26. The number of nitrogens with zero attached hydrogens (tertiary/aromatic N) is 5. The maximum absolute atomic E-state index is 6.26. The summed E-state index contributed by atoms with van der Waals surface area (Å²) >= 11 is 0. The van der Waals surface area contributed by atoms with Gasteiger partial charge in [0.2, 0.25) is 0 Å². The molecule has 0 amide bonds. The lowest BCUT2D eigenvalue weighted by Crippen LogP contribution is -2.33. The number of aryl methyl sites for hydroxylation is 1. The highest BCUT2D eigenvalue weighted by molar-refractivity contribution is 5.49. The summed E-state index contributed by atoms with van der Waals surface area (Å²) in [6.45, 7) is 5.33. The van der Waals surface area contributed by atoms with Crippen LogP contribution < -0.4 is 5.73 Å². The van der Waals surface area contributed by atoms with Gasteiger partial charge in [0.05, 0.1) is 18.0 Å². The molecule has 3 rings (SSSR count). The Morgan fingerprint density at radius 3 is 2.90 bits per heavy atom. The topological polar surface area (TPSA) is 82.1 Å². The van der Waals surface area contributed by atoms with E-state index in [0.717, 1.165) is 49.6 Å². The Bertz CT molecular complexity index is 621. The van der Waals surface area contributed by atoms with Crippen molar-refractivity contribution in [1.82, 2.24) is 24.9 Å². The number of rotatable bonds is 4. The summed E-state index contributed by atoms with van der Waals surface area (Å²) in [6, 6.07) is 3.80. The summed E-state index contributed by atoms with van der Waals surface area (Å²) in [7, 11) is 1.72. The van der Waals surface area contributed by atoms with Crippen molar-refractivity contribution in [1.29, 1.82) is 0 Å². The molecule has 0 saturated heterocycles. The Balaban J connectivity index is 1.86. The van der Waals surface area contributed by atoms with Crippen molar-refractivity contribution in [3.63, 3.8) is 0 Å². The van der Waals surface area contributed by atoms with E-state index in [-0.39, 0.29) is 0 Å². The van der Waals surface area contributed by atoms with Gasteiger partial charge in [-0.05, 0) is 19.1 Å². The van der Waals surface area contributed by atoms with Gasteiger partial charge in [-0.15, -0.1) is 5.10 Å². The molecule has 0 saturated carbocycles. The van der Waals surface area contributed by atoms with E-state index in [2.05, 4.69) is 20.2 Å². The summed E-state index contributed by atoms with van der Waals surface area (Å²) < 4.78 is 6.83. The molecule has 21 heavy (non-hydrogen) atoms. The van der Waals surface area contributed by atoms with Gasteiger partial charge in [-0.1, -0.05) is 0 Å². The van der Waals surface area contributed by atoms with Crippen molar-refractivity contribution < 1.29 is 4.74 Å². The highest BCUT2D eigenvalue weighted by atomic mass is 16.5. The second-order valence-electron chi connectivity index (χ2n) is 5.27. The van der Waals surface area contributed by atoms with Crippen molar-refractivity contribution >= 4 is 5.82 Å². The number of hydrogen-bond acceptors (Lipinski definition) is 6. The summed E-state index contributed by atoms with van der Waals surface area (Å²) in [5, 5.41) is 12.8. The van der Waals surface area contributed by atoms with Gasteiger partial charge in [0.1, 0.15) is 5.82 Å². The lowest BCUT2D eigenvalue weighted by molar-refractivity contribution is 0.140. The molecule has 0 radical (unpaired) electrons. The monoisotopic (exact) mass is 288 g/mol. The molecule has 0 aromatic carbocycles. The number of hydrogen-bond donors (Lipinski definition) is 1. The molecule has 112 valence electrons. The molecular formula is C14H20N6O. The van der Waals surface area contributed by atoms with Crippen LogP contribution in [-0.4, -0.2) is 51.7 Å². The van der Waals surface area contributed by atoms with Gasteiger partial charge in [0.15, 0.2) is 5.82 Å². The van der Waals surface area contributed by atoms with Crippen LogP contribution in [0.15, 0.2) is 12.1 Å². The smallest absolute Gasteiger partial charge is 0.178 e. The fourth-order valence-electron chi connectivity index (χ4n) is 2.54. The third kappa shape index (κ3) is 2.74. The summed E-state index contributed by atoms with van der Waals surface area (Å²) in [5.41, 5.74) is 9.29. The van der Waals surface area contributed by atoms with E-state index in [1.165, 1.54) is 0 Å². The van der Waals surface area contributed by atoms with Crippen molar-refractivity contribution in [2.24, 2.45) is 0 Å². The van der Waals surface area contributed by atoms with Gasteiger partial charge < -0.3 is 10.5 Å². The van der Waals surface area contributed by atoms with E-state index >= 15 is 0 Å². The van der Waals surface area contributed by atoms with Gasteiger partial charge in [0, 0.05) is 38.7 Å². The molecule has 7 heteroatoms. The maximum Gasteiger partial charge on any atom is 0.178 e. The zero-order valence-corrected chi connectivity index (χ0v) is 12.4. The fraction of sp³-hybridized carbons (Fsp3) is 0.500. The van der Waals surface area contributed by atoms with Crippen molar-refractivity contribution in [2.45, 2.75) is 19.9 Å². The fourth-order valence-corrected chi connectivity index (χ4v) is 2.54. The average molecular weight is 288 g/mol. The Hall–Kier alpha value is -1.99. The van der Waals surface area contributed by atoms with Gasteiger partial charge in [-0.3, -0.25) is 4.90 Å². The molecule has 2 aromatic heterocycles. The van der Waals surface area contributed by atoms with Gasteiger partial charge >= 0.3 is 0 Å². The zero-order chi connectivity index (χ0) is 14.8. The van der Waals surface area contributed by atoms with Gasteiger partial charge in [0.25, 0.3) is 0 Å².